The number of fused-ring (bicyclic) bond motifs is 1. The molecule has 0 radical (unpaired) electrons. The monoisotopic (exact) mass is 471 g/mol. The third-order valence-corrected chi connectivity index (χ3v) is 7.19. The summed E-state index contributed by atoms with van der Waals surface area (Å²) in [5, 5.41) is 1.02. The number of Topliss-reactive ketones (excluding diaryl/α,β-unsaturated/α-hetero) is 1. The largest absolute Gasteiger partial charge is 0.443 e. The van der Waals surface area contributed by atoms with Gasteiger partial charge in [0.2, 0.25) is 5.09 Å². The van der Waals surface area contributed by atoms with E-state index in [0.717, 1.165) is 5.56 Å². The van der Waals surface area contributed by atoms with Crippen molar-refractivity contribution in [2.24, 2.45) is 0 Å². The maximum absolute atomic E-state index is 12.9. The second-order valence-corrected chi connectivity index (χ2v) is 9.92. The van der Waals surface area contributed by atoms with Gasteiger partial charge in [-0.1, -0.05) is 54.1 Å². The van der Waals surface area contributed by atoms with Crippen LogP contribution in [0.15, 0.2) is 87.2 Å². The SMILES string of the molecule is CC(=O)c1ccccc1CSc1cc(Cl)ccc1NS(=O)(=O)c1cc2ccccc2o1. The average Bonchev–Trinajstić information content (AvgIpc) is 3.19. The predicted octanol–water partition coefficient (Wildman–Crippen LogP) is 6.38. The molecule has 1 aromatic heterocycles. The van der Waals surface area contributed by atoms with Gasteiger partial charge < -0.3 is 4.42 Å². The zero-order chi connectivity index (χ0) is 22.0. The van der Waals surface area contributed by atoms with E-state index in [1.807, 2.05) is 24.3 Å². The molecule has 0 spiro atoms. The van der Waals surface area contributed by atoms with Gasteiger partial charge in [0, 0.05) is 32.7 Å². The van der Waals surface area contributed by atoms with Crippen LogP contribution < -0.4 is 4.72 Å². The standard InChI is InChI=1S/C23H18ClNO4S2/c1-15(26)19-8-4-2-7-17(19)14-30-22-13-18(24)10-11-20(22)25-31(27,28)23-12-16-6-3-5-9-21(16)29-23/h2-13,25H,14H2,1H3. The number of anilines is 1. The smallest absolute Gasteiger partial charge is 0.295 e. The highest BCUT2D eigenvalue weighted by Gasteiger charge is 2.21. The maximum atomic E-state index is 12.9. The Hall–Kier alpha value is -2.74. The lowest BCUT2D eigenvalue weighted by Crippen LogP contribution is -2.12. The Morgan fingerprint density at radius 1 is 1.03 bits per heavy atom. The number of hydrogen-bond donors (Lipinski definition) is 1. The Bertz CT molecular complexity index is 1350. The van der Waals surface area contributed by atoms with Gasteiger partial charge in [0.1, 0.15) is 5.58 Å². The van der Waals surface area contributed by atoms with E-state index in [9.17, 15) is 13.2 Å². The molecule has 0 unspecified atom stereocenters. The van der Waals surface area contributed by atoms with E-state index in [0.29, 0.717) is 37.9 Å². The molecule has 4 rings (SSSR count). The van der Waals surface area contributed by atoms with Crippen LogP contribution in [0.2, 0.25) is 5.02 Å². The fourth-order valence-corrected chi connectivity index (χ4v) is 5.53. The summed E-state index contributed by atoms with van der Waals surface area (Å²) in [6.07, 6.45) is 0. The molecule has 1 heterocycles. The summed E-state index contributed by atoms with van der Waals surface area (Å²) in [7, 11) is -3.94. The quantitative estimate of drug-likeness (QED) is 0.250. The summed E-state index contributed by atoms with van der Waals surface area (Å²) in [6.45, 7) is 1.52. The minimum atomic E-state index is -3.94. The Labute approximate surface area is 189 Å². The zero-order valence-electron chi connectivity index (χ0n) is 16.5. The summed E-state index contributed by atoms with van der Waals surface area (Å²) < 4.78 is 34.0. The highest BCUT2D eigenvalue weighted by molar-refractivity contribution is 7.98. The normalized spacial score (nSPS) is 11.5. The number of hydrogen-bond acceptors (Lipinski definition) is 5. The Kier molecular flexibility index (Phi) is 6.09. The van der Waals surface area contributed by atoms with Gasteiger partial charge in [0.05, 0.1) is 5.69 Å². The van der Waals surface area contributed by atoms with Gasteiger partial charge >= 0.3 is 0 Å². The van der Waals surface area contributed by atoms with Gasteiger partial charge in [-0.3, -0.25) is 9.52 Å². The number of halogens is 1. The summed E-state index contributed by atoms with van der Waals surface area (Å²) in [5.74, 6) is 0.461. The molecular weight excluding hydrogens is 454 g/mol. The third kappa shape index (κ3) is 4.79. The minimum absolute atomic E-state index is 0.0203. The number of furan rings is 1. The molecule has 1 N–H and O–H groups in total. The molecule has 31 heavy (non-hydrogen) atoms. The van der Waals surface area contributed by atoms with Gasteiger partial charge in [-0.05, 0) is 36.8 Å². The molecule has 0 amide bonds. The molecule has 0 aliphatic carbocycles. The lowest BCUT2D eigenvalue weighted by atomic mass is 10.1. The molecule has 0 fully saturated rings. The first-order chi connectivity index (χ1) is 14.8. The number of sulfonamides is 1. The number of ketones is 1. The molecule has 0 aliphatic rings. The number of carbonyl (C=O) groups excluding carboxylic acids is 1. The molecule has 0 atom stereocenters. The molecule has 0 saturated carbocycles. The zero-order valence-corrected chi connectivity index (χ0v) is 18.9. The second kappa shape index (κ2) is 8.78. The van der Waals surface area contributed by atoms with Crippen LogP contribution in [0.1, 0.15) is 22.8 Å². The topological polar surface area (TPSA) is 76.4 Å². The van der Waals surface area contributed by atoms with Crippen LogP contribution in [0.4, 0.5) is 5.69 Å². The molecule has 0 aliphatic heterocycles. The summed E-state index contributed by atoms with van der Waals surface area (Å²) in [5.41, 5.74) is 2.39. The Morgan fingerprint density at radius 2 is 1.77 bits per heavy atom. The van der Waals surface area contributed by atoms with Crippen LogP contribution >= 0.6 is 23.4 Å². The first kappa shape index (κ1) is 21.5. The Balaban J connectivity index is 1.62. The molecule has 5 nitrogen and oxygen atoms in total. The van der Waals surface area contributed by atoms with Crippen molar-refractivity contribution in [1.29, 1.82) is 0 Å². The first-order valence-corrected chi connectivity index (χ1v) is 12.2. The van der Waals surface area contributed by atoms with E-state index in [2.05, 4.69) is 4.72 Å². The average molecular weight is 472 g/mol. The lowest BCUT2D eigenvalue weighted by molar-refractivity contribution is 0.101. The van der Waals surface area contributed by atoms with E-state index in [1.165, 1.54) is 24.8 Å². The number of rotatable bonds is 7. The molecule has 0 saturated heterocycles. The van der Waals surface area contributed by atoms with E-state index in [4.69, 9.17) is 16.0 Å². The molecule has 158 valence electrons. The lowest BCUT2D eigenvalue weighted by Gasteiger charge is -2.13. The van der Waals surface area contributed by atoms with Crippen molar-refractivity contribution >= 4 is 55.8 Å². The van der Waals surface area contributed by atoms with Crippen molar-refractivity contribution in [3.05, 3.63) is 88.9 Å². The number of nitrogens with one attached hydrogen (secondary N) is 1. The predicted molar refractivity (Wildman–Crippen MR) is 124 cm³/mol. The van der Waals surface area contributed by atoms with Crippen molar-refractivity contribution in [2.45, 2.75) is 22.7 Å². The van der Waals surface area contributed by atoms with Crippen LogP contribution in [0.5, 0.6) is 0 Å². The number of benzene rings is 3. The van der Waals surface area contributed by atoms with Crippen LogP contribution in [-0.4, -0.2) is 14.2 Å². The van der Waals surface area contributed by atoms with Crippen molar-refractivity contribution in [1.82, 2.24) is 0 Å². The number of para-hydroxylation sites is 1. The third-order valence-electron chi connectivity index (χ3n) is 4.64. The van der Waals surface area contributed by atoms with Crippen molar-refractivity contribution < 1.29 is 17.6 Å². The molecule has 4 aromatic rings. The van der Waals surface area contributed by atoms with Crippen molar-refractivity contribution in [3.8, 4) is 0 Å². The molecule has 8 heteroatoms. The van der Waals surface area contributed by atoms with Gasteiger partial charge in [0.15, 0.2) is 5.78 Å². The summed E-state index contributed by atoms with van der Waals surface area (Å²) >= 11 is 7.55. The van der Waals surface area contributed by atoms with Gasteiger partial charge in [-0.2, -0.15) is 8.42 Å². The van der Waals surface area contributed by atoms with E-state index >= 15 is 0 Å². The van der Waals surface area contributed by atoms with Gasteiger partial charge in [0.25, 0.3) is 10.0 Å². The van der Waals surface area contributed by atoms with E-state index < -0.39 is 10.0 Å². The van der Waals surface area contributed by atoms with Crippen LogP contribution in [0.3, 0.4) is 0 Å². The molecular formula is C23H18ClNO4S2. The Morgan fingerprint density at radius 3 is 2.55 bits per heavy atom. The van der Waals surface area contributed by atoms with Crippen LogP contribution in [0.25, 0.3) is 11.0 Å². The summed E-state index contributed by atoms with van der Waals surface area (Å²) in [4.78, 5) is 12.5. The second-order valence-electron chi connectivity index (χ2n) is 6.85. The first-order valence-electron chi connectivity index (χ1n) is 9.36. The summed E-state index contributed by atoms with van der Waals surface area (Å²) in [6, 6.07) is 20.8. The van der Waals surface area contributed by atoms with Crippen molar-refractivity contribution in [3.63, 3.8) is 0 Å². The maximum Gasteiger partial charge on any atom is 0.295 e. The van der Waals surface area contributed by atoms with Crippen LogP contribution in [-0.2, 0) is 15.8 Å². The number of thioether (sulfide) groups is 1. The number of carbonyl (C=O) groups is 1. The highest BCUT2D eigenvalue weighted by atomic mass is 35.5. The highest BCUT2D eigenvalue weighted by Crippen LogP contribution is 2.35. The van der Waals surface area contributed by atoms with E-state index in [-0.39, 0.29) is 10.9 Å². The van der Waals surface area contributed by atoms with Crippen LogP contribution in [0, 0.1) is 0 Å². The van der Waals surface area contributed by atoms with E-state index in [1.54, 1.807) is 42.5 Å². The molecule has 0 bridgehead atoms. The minimum Gasteiger partial charge on any atom is -0.443 e. The fraction of sp³-hybridized carbons (Fsp3) is 0.0870. The molecule has 3 aromatic carbocycles. The van der Waals surface area contributed by atoms with Gasteiger partial charge in [-0.25, -0.2) is 0 Å². The van der Waals surface area contributed by atoms with Gasteiger partial charge in [-0.15, -0.1) is 11.8 Å². The fourth-order valence-electron chi connectivity index (χ4n) is 3.13. The van der Waals surface area contributed by atoms with Crippen molar-refractivity contribution in [2.75, 3.05) is 4.72 Å².